The molecule has 0 saturated heterocycles. The van der Waals surface area contributed by atoms with Crippen LogP contribution in [-0.2, 0) is 0 Å². The molecule has 0 spiro atoms. The van der Waals surface area contributed by atoms with E-state index in [0.717, 1.165) is 16.8 Å². The fourth-order valence-corrected chi connectivity index (χ4v) is 3.75. The van der Waals surface area contributed by atoms with Crippen LogP contribution in [-0.4, -0.2) is 22.0 Å². The number of aromatic nitrogens is 2. The number of nitrogens with one attached hydrogen (secondary N) is 3. The van der Waals surface area contributed by atoms with Crippen molar-refractivity contribution in [1.82, 2.24) is 10.2 Å². The molecule has 0 radical (unpaired) electrons. The second-order valence-corrected chi connectivity index (χ2v) is 7.55. The summed E-state index contributed by atoms with van der Waals surface area (Å²) in [6, 6.07) is 16.7. The molecule has 0 aliphatic carbocycles. The molecule has 140 valence electrons. The average molecular weight is 390 g/mol. The van der Waals surface area contributed by atoms with Crippen LogP contribution in [0.3, 0.4) is 0 Å². The van der Waals surface area contributed by atoms with Gasteiger partial charge in [0.25, 0.3) is 11.8 Å². The van der Waals surface area contributed by atoms with Gasteiger partial charge in [-0.2, -0.15) is 5.10 Å². The van der Waals surface area contributed by atoms with E-state index in [1.807, 2.05) is 56.3 Å². The highest BCUT2D eigenvalue weighted by Gasteiger charge is 2.17. The Balaban J connectivity index is 1.55. The summed E-state index contributed by atoms with van der Waals surface area (Å²) in [7, 11) is 0. The van der Waals surface area contributed by atoms with E-state index in [-0.39, 0.29) is 11.8 Å². The average Bonchev–Trinajstić information content (AvgIpc) is 3.26. The molecule has 0 saturated carbocycles. The number of fused-ring (bicyclic) bond motifs is 1. The van der Waals surface area contributed by atoms with Crippen LogP contribution in [0.15, 0.2) is 54.6 Å². The summed E-state index contributed by atoms with van der Waals surface area (Å²) in [5, 5.41) is 13.5. The molecule has 0 fully saturated rings. The van der Waals surface area contributed by atoms with E-state index in [0.29, 0.717) is 26.5 Å². The molecule has 0 atom stereocenters. The van der Waals surface area contributed by atoms with Crippen molar-refractivity contribution in [3.63, 3.8) is 0 Å². The summed E-state index contributed by atoms with van der Waals surface area (Å²) in [5.74, 6) is 0.0532. The number of carbonyl (C=O) groups excluding carboxylic acids is 2. The van der Waals surface area contributed by atoms with Gasteiger partial charge >= 0.3 is 0 Å². The molecule has 2 aromatic heterocycles. The zero-order chi connectivity index (χ0) is 19.7. The molecule has 2 aromatic carbocycles. The number of hydrogen-bond donors (Lipinski definition) is 3. The fourth-order valence-electron chi connectivity index (χ4n) is 2.86. The Morgan fingerprint density at radius 2 is 1.71 bits per heavy atom. The van der Waals surface area contributed by atoms with Crippen molar-refractivity contribution in [2.45, 2.75) is 13.8 Å². The SMILES string of the molecule is Cc1ccc(NC(=O)c2cc3c(NC(=O)c4ccccc4C)[nH]nc3s2)cc1. The first-order chi connectivity index (χ1) is 13.5. The zero-order valence-electron chi connectivity index (χ0n) is 15.4. The Hall–Kier alpha value is -3.45. The van der Waals surface area contributed by atoms with Gasteiger partial charge in [-0.25, -0.2) is 0 Å². The van der Waals surface area contributed by atoms with Gasteiger partial charge in [-0.1, -0.05) is 35.9 Å². The van der Waals surface area contributed by atoms with Gasteiger partial charge < -0.3 is 10.6 Å². The number of amides is 2. The summed E-state index contributed by atoms with van der Waals surface area (Å²) in [6.07, 6.45) is 0. The maximum Gasteiger partial charge on any atom is 0.265 e. The highest BCUT2D eigenvalue weighted by molar-refractivity contribution is 7.20. The number of aryl methyl sites for hydroxylation is 2. The van der Waals surface area contributed by atoms with Crippen LogP contribution in [0, 0.1) is 13.8 Å². The van der Waals surface area contributed by atoms with Crippen LogP contribution in [0.2, 0.25) is 0 Å². The van der Waals surface area contributed by atoms with E-state index in [1.165, 1.54) is 11.3 Å². The smallest absolute Gasteiger partial charge is 0.265 e. The second-order valence-electron chi connectivity index (χ2n) is 6.52. The number of anilines is 2. The van der Waals surface area contributed by atoms with E-state index in [9.17, 15) is 9.59 Å². The monoisotopic (exact) mass is 390 g/mol. The molecule has 2 amide bonds. The summed E-state index contributed by atoms with van der Waals surface area (Å²) >= 11 is 1.27. The molecule has 0 aliphatic heterocycles. The van der Waals surface area contributed by atoms with E-state index in [4.69, 9.17) is 0 Å². The minimum atomic E-state index is -0.222. The summed E-state index contributed by atoms with van der Waals surface area (Å²) in [5.41, 5.74) is 3.34. The number of nitrogens with zero attached hydrogens (tertiary/aromatic N) is 1. The number of thiophene rings is 1. The van der Waals surface area contributed by atoms with E-state index < -0.39 is 0 Å². The van der Waals surface area contributed by atoms with Crippen LogP contribution < -0.4 is 10.6 Å². The predicted molar refractivity (Wildman–Crippen MR) is 112 cm³/mol. The van der Waals surface area contributed by atoms with Crippen molar-refractivity contribution < 1.29 is 9.59 Å². The lowest BCUT2D eigenvalue weighted by molar-refractivity contribution is 0.102. The lowest BCUT2D eigenvalue weighted by Crippen LogP contribution is -2.13. The minimum absolute atomic E-state index is 0.206. The Kier molecular flexibility index (Phi) is 4.67. The third kappa shape index (κ3) is 3.52. The molecular weight excluding hydrogens is 372 g/mol. The topological polar surface area (TPSA) is 86.9 Å². The molecule has 0 aliphatic rings. The molecule has 6 nitrogen and oxygen atoms in total. The molecule has 0 bridgehead atoms. The van der Waals surface area contributed by atoms with Crippen molar-refractivity contribution >= 4 is 44.9 Å². The van der Waals surface area contributed by atoms with Gasteiger partial charge in [-0.3, -0.25) is 14.7 Å². The van der Waals surface area contributed by atoms with Gasteiger partial charge in [0.2, 0.25) is 0 Å². The lowest BCUT2D eigenvalue weighted by Gasteiger charge is -2.05. The molecule has 7 heteroatoms. The molecule has 4 rings (SSSR count). The molecular formula is C21H18N4O2S. The summed E-state index contributed by atoms with van der Waals surface area (Å²) in [6.45, 7) is 3.88. The molecule has 3 N–H and O–H groups in total. The van der Waals surface area contributed by atoms with Gasteiger partial charge in [-0.05, 0) is 43.7 Å². The van der Waals surface area contributed by atoms with E-state index >= 15 is 0 Å². The van der Waals surface area contributed by atoms with Crippen molar-refractivity contribution in [1.29, 1.82) is 0 Å². The van der Waals surface area contributed by atoms with Gasteiger partial charge in [0.05, 0.1) is 10.3 Å². The Morgan fingerprint density at radius 1 is 0.964 bits per heavy atom. The standard InChI is InChI=1S/C21H18N4O2S/c1-12-7-9-14(10-8-12)22-20(27)17-11-16-18(24-25-21(16)28-17)23-19(26)15-6-4-3-5-13(15)2/h3-11H,1-2H3,(H,22,27)(H2,23,24,25,26). The molecule has 28 heavy (non-hydrogen) atoms. The van der Waals surface area contributed by atoms with Crippen LogP contribution in [0.5, 0.6) is 0 Å². The zero-order valence-corrected chi connectivity index (χ0v) is 16.2. The molecule has 4 aromatic rings. The quantitative estimate of drug-likeness (QED) is 0.470. The van der Waals surface area contributed by atoms with Crippen molar-refractivity contribution in [3.8, 4) is 0 Å². The minimum Gasteiger partial charge on any atom is -0.321 e. The van der Waals surface area contributed by atoms with Crippen LogP contribution in [0.1, 0.15) is 31.2 Å². The number of hydrogen-bond acceptors (Lipinski definition) is 4. The Labute approximate surface area is 165 Å². The third-order valence-electron chi connectivity index (χ3n) is 4.41. The third-order valence-corrected chi connectivity index (χ3v) is 5.44. The van der Waals surface area contributed by atoms with Crippen molar-refractivity contribution in [2.24, 2.45) is 0 Å². The van der Waals surface area contributed by atoms with Gasteiger partial charge in [0.15, 0.2) is 0 Å². The summed E-state index contributed by atoms with van der Waals surface area (Å²) < 4.78 is 0. The first-order valence-electron chi connectivity index (χ1n) is 8.74. The lowest BCUT2D eigenvalue weighted by atomic mass is 10.1. The Bertz CT molecular complexity index is 1170. The van der Waals surface area contributed by atoms with E-state index in [1.54, 1.807) is 12.1 Å². The second kappa shape index (κ2) is 7.28. The van der Waals surface area contributed by atoms with Crippen LogP contribution in [0.4, 0.5) is 11.5 Å². The van der Waals surface area contributed by atoms with E-state index in [2.05, 4.69) is 20.8 Å². The number of rotatable bonds is 4. The Morgan fingerprint density at radius 3 is 2.46 bits per heavy atom. The van der Waals surface area contributed by atoms with Gasteiger partial charge in [-0.15, -0.1) is 11.3 Å². The van der Waals surface area contributed by atoms with Crippen molar-refractivity contribution in [3.05, 3.63) is 76.2 Å². The first kappa shape index (κ1) is 17.9. The molecule has 2 heterocycles. The van der Waals surface area contributed by atoms with Crippen molar-refractivity contribution in [2.75, 3.05) is 10.6 Å². The predicted octanol–water partition coefficient (Wildman–Crippen LogP) is 4.75. The largest absolute Gasteiger partial charge is 0.321 e. The normalized spacial score (nSPS) is 10.8. The van der Waals surface area contributed by atoms with Crippen LogP contribution in [0.25, 0.3) is 10.2 Å². The maximum atomic E-state index is 12.6. The number of aromatic amines is 1. The number of benzene rings is 2. The van der Waals surface area contributed by atoms with Gasteiger partial charge in [0, 0.05) is 11.3 Å². The number of H-pyrrole nitrogens is 1. The maximum absolute atomic E-state index is 12.6. The highest BCUT2D eigenvalue weighted by Crippen LogP contribution is 2.30. The van der Waals surface area contributed by atoms with Gasteiger partial charge in [0.1, 0.15) is 10.6 Å². The van der Waals surface area contributed by atoms with Crippen LogP contribution >= 0.6 is 11.3 Å². The highest BCUT2D eigenvalue weighted by atomic mass is 32.1. The first-order valence-corrected chi connectivity index (χ1v) is 9.56. The molecule has 0 unspecified atom stereocenters. The number of carbonyl (C=O) groups is 2. The fraction of sp³-hybridized carbons (Fsp3) is 0.0952. The summed E-state index contributed by atoms with van der Waals surface area (Å²) in [4.78, 5) is 26.3.